The molecule has 1 aromatic carbocycles. The molecular weight excluding hydrogens is 295 g/mol. The van der Waals surface area contributed by atoms with Crippen molar-refractivity contribution in [1.29, 1.82) is 5.41 Å². The Morgan fingerprint density at radius 2 is 1.95 bits per heavy atom. The van der Waals surface area contributed by atoms with Crippen LogP contribution in [0.15, 0.2) is 47.9 Å². The van der Waals surface area contributed by atoms with Crippen LogP contribution >= 0.6 is 0 Å². The van der Waals surface area contributed by atoms with Crippen LogP contribution in [0, 0.1) is 5.41 Å². The number of pyridine rings is 1. The molecule has 0 radical (unpaired) electrons. The SMILES string of the molecule is CC(=O)/C(C=N)=C(/Nc1cncc2ccccc12)C(F)(F)F. The smallest absolute Gasteiger partial charge is 0.349 e. The number of benzene rings is 1. The molecule has 0 saturated carbocycles. The molecular formula is C15H12F3N3O. The van der Waals surface area contributed by atoms with Crippen LogP contribution in [0.1, 0.15) is 6.92 Å². The summed E-state index contributed by atoms with van der Waals surface area (Å²) in [5, 5.41) is 10.5. The number of carbonyl (C=O) groups excluding carboxylic acids is 1. The lowest BCUT2D eigenvalue weighted by atomic mass is 10.1. The third-order valence-corrected chi connectivity index (χ3v) is 3.00. The summed E-state index contributed by atoms with van der Waals surface area (Å²) >= 11 is 0. The molecule has 1 aromatic heterocycles. The van der Waals surface area contributed by atoms with Crippen molar-refractivity contribution < 1.29 is 18.0 Å². The van der Waals surface area contributed by atoms with Gasteiger partial charge < -0.3 is 10.7 Å². The van der Waals surface area contributed by atoms with Gasteiger partial charge in [-0.1, -0.05) is 24.3 Å². The van der Waals surface area contributed by atoms with Crippen molar-refractivity contribution in [3.63, 3.8) is 0 Å². The predicted molar refractivity (Wildman–Crippen MR) is 77.9 cm³/mol. The van der Waals surface area contributed by atoms with Crippen molar-refractivity contribution in [2.45, 2.75) is 13.1 Å². The maximum absolute atomic E-state index is 13.2. The van der Waals surface area contributed by atoms with Gasteiger partial charge in [-0.25, -0.2) is 0 Å². The first kappa shape index (κ1) is 15.7. The molecule has 0 saturated heterocycles. The van der Waals surface area contributed by atoms with Crippen molar-refractivity contribution in [2.75, 3.05) is 5.32 Å². The Hall–Kier alpha value is -2.70. The first-order valence-corrected chi connectivity index (χ1v) is 6.27. The number of nitrogens with one attached hydrogen (secondary N) is 2. The summed E-state index contributed by atoms with van der Waals surface area (Å²) in [6.45, 7) is 0.981. The van der Waals surface area contributed by atoms with Gasteiger partial charge in [0, 0.05) is 23.2 Å². The molecule has 0 aliphatic rings. The van der Waals surface area contributed by atoms with Gasteiger partial charge in [0.1, 0.15) is 5.70 Å². The number of hydrogen-bond donors (Lipinski definition) is 2. The Morgan fingerprint density at radius 3 is 2.55 bits per heavy atom. The summed E-state index contributed by atoms with van der Waals surface area (Å²) < 4.78 is 39.6. The lowest BCUT2D eigenvalue weighted by Gasteiger charge is -2.17. The van der Waals surface area contributed by atoms with E-state index in [2.05, 4.69) is 10.3 Å². The fraction of sp³-hybridized carbons (Fsp3) is 0.133. The number of aromatic nitrogens is 1. The second-order valence-electron chi connectivity index (χ2n) is 4.52. The van der Waals surface area contributed by atoms with Crippen LogP contribution in [0.5, 0.6) is 0 Å². The number of rotatable bonds is 4. The number of ketones is 1. The van der Waals surface area contributed by atoms with Gasteiger partial charge >= 0.3 is 6.18 Å². The van der Waals surface area contributed by atoms with E-state index in [4.69, 9.17) is 5.41 Å². The zero-order valence-corrected chi connectivity index (χ0v) is 11.5. The Balaban J connectivity index is 2.61. The number of alkyl halides is 3. The van der Waals surface area contributed by atoms with Crippen LogP contribution in [0.2, 0.25) is 0 Å². The molecule has 4 nitrogen and oxygen atoms in total. The highest BCUT2D eigenvalue weighted by atomic mass is 19.4. The molecule has 1 heterocycles. The molecule has 2 aromatic rings. The summed E-state index contributed by atoms with van der Waals surface area (Å²) in [5.74, 6) is -0.844. The summed E-state index contributed by atoms with van der Waals surface area (Å²) in [5.41, 5.74) is -1.89. The van der Waals surface area contributed by atoms with Gasteiger partial charge in [-0.2, -0.15) is 13.2 Å². The summed E-state index contributed by atoms with van der Waals surface area (Å²) in [6, 6.07) is 6.79. The molecule has 0 spiro atoms. The third-order valence-electron chi connectivity index (χ3n) is 3.00. The Morgan fingerprint density at radius 1 is 1.27 bits per heavy atom. The van der Waals surface area contributed by atoms with Crippen molar-refractivity contribution >= 4 is 28.5 Å². The van der Waals surface area contributed by atoms with Gasteiger partial charge in [0.2, 0.25) is 0 Å². The average molecular weight is 307 g/mol. The third kappa shape index (κ3) is 3.13. The van der Waals surface area contributed by atoms with E-state index in [-0.39, 0.29) is 5.69 Å². The van der Waals surface area contributed by atoms with Gasteiger partial charge in [-0.15, -0.1) is 0 Å². The Bertz CT molecular complexity index is 761. The van der Waals surface area contributed by atoms with Crippen molar-refractivity contribution in [1.82, 2.24) is 4.98 Å². The van der Waals surface area contributed by atoms with E-state index < -0.39 is 23.2 Å². The van der Waals surface area contributed by atoms with Gasteiger partial charge in [-0.05, 0) is 6.92 Å². The monoisotopic (exact) mass is 307 g/mol. The van der Waals surface area contributed by atoms with Gasteiger partial charge in [0.15, 0.2) is 5.78 Å². The predicted octanol–water partition coefficient (Wildman–Crippen LogP) is 3.70. The fourth-order valence-corrected chi connectivity index (χ4v) is 1.99. The largest absolute Gasteiger partial charge is 0.432 e. The minimum atomic E-state index is -4.80. The van der Waals surface area contributed by atoms with Crippen molar-refractivity contribution in [3.8, 4) is 0 Å². The molecule has 0 amide bonds. The molecule has 0 aliphatic heterocycles. The van der Waals surface area contributed by atoms with Gasteiger partial charge in [-0.3, -0.25) is 9.78 Å². The second-order valence-corrected chi connectivity index (χ2v) is 4.52. The van der Waals surface area contributed by atoms with Gasteiger partial charge in [0.25, 0.3) is 0 Å². The molecule has 22 heavy (non-hydrogen) atoms. The molecule has 2 rings (SSSR count). The molecule has 0 atom stereocenters. The highest BCUT2D eigenvalue weighted by Gasteiger charge is 2.37. The number of fused-ring (bicyclic) bond motifs is 1. The van der Waals surface area contributed by atoms with Crippen molar-refractivity contribution in [3.05, 3.63) is 47.9 Å². The lowest BCUT2D eigenvalue weighted by Crippen LogP contribution is -2.24. The minimum Gasteiger partial charge on any atom is -0.349 e. The second kappa shape index (κ2) is 5.97. The highest BCUT2D eigenvalue weighted by Crippen LogP contribution is 2.31. The van der Waals surface area contributed by atoms with Gasteiger partial charge in [0.05, 0.1) is 17.5 Å². The Labute approximate surface area is 124 Å². The van der Waals surface area contributed by atoms with Crippen LogP contribution < -0.4 is 5.32 Å². The molecule has 0 unspecified atom stereocenters. The number of nitrogens with zero attached hydrogens (tertiary/aromatic N) is 1. The highest BCUT2D eigenvalue weighted by molar-refractivity contribution is 6.12. The molecule has 7 heteroatoms. The minimum absolute atomic E-state index is 0.117. The maximum atomic E-state index is 13.2. The summed E-state index contributed by atoms with van der Waals surface area (Å²) in [6.07, 6.45) is -1.62. The number of Topliss-reactive ketones (excluding diaryl/α,β-unsaturated/α-hetero) is 1. The fourth-order valence-electron chi connectivity index (χ4n) is 1.99. The van der Waals surface area contributed by atoms with E-state index in [9.17, 15) is 18.0 Å². The molecule has 2 N–H and O–H groups in total. The molecule has 0 bridgehead atoms. The van der Waals surface area contributed by atoms with Crippen LogP contribution in [0.4, 0.5) is 18.9 Å². The number of halogens is 3. The van der Waals surface area contributed by atoms with Crippen LogP contribution in [-0.4, -0.2) is 23.2 Å². The van der Waals surface area contributed by atoms with Crippen molar-refractivity contribution in [2.24, 2.45) is 0 Å². The average Bonchev–Trinajstić information content (AvgIpc) is 2.46. The number of allylic oxidation sites excluding steroid dienone is 2. The summed E-state index contributed by atoms with van der Waals surface area (Å²) in [4.78, 5) is 15.2. The molecule has 0 aliphatic carbocycles. The van der Waals surface area contributed by atoms with E-state index in [0.29, 0.717) is 17.0 Å². The lowest BCUT2D eigenvalue weighted by molar-refractivity contribution is -0.114. The number of hydrogen-bond acceptors (Lipinski definition) is 4. The van der Waals surface area contributed by atoms with Crippen LogP contribution in [0.25, 0.3) is 10.8 Å². The zero-order chi connectivity index (χ0) is 16.3. The normalized spacial score (nSPS) is 12.7. The topological polar surface area (TPSA) is 65.8 Å². The van der Waals surface area contributed by atoms with E-state index in [0.717, 1.165) is 6.92 Å². The number of carbonyl (C=O) groups is 1. The van der Waals surface area contributed by atoms with Crippen LogP contribution in [-0.2, 0) is 4.79 Å². The van der Waals surface area contributed by atoms with E-state index in [1.165, 1.54) is 12.4 Å². The summed E-state index contributed by atoms with van der Waals surface area (Å²) in [7, 11) is 0. The quantitative estimate of drug-likeness (QED) is 0.668. The van der Waals surface area contributed by atoms with Crippen LogP contribution in [0.3, 0.4) is 0 Å². The van der Waals surface area contributed by atoms with E-state index in [1.807, 2.05) is 0 Å². The first-order valence-electron chi connectivity index (χ1n) is 6.27. The number of anilines is 1. The standard InChI is InChI=1S/C15H12F3N3O/c1-9(22)12(6-19)14(15(16,17)18)21-13-8-20-7-10-4-2-3-5-11(10)13/h2-8,19,21H,1H3/b14-12+,19-6?. The maximum Gasteiger partial charge on any atom is 0.432 e. The molecule has 0 fully saturated rings. The van der Waals surface area contributed by atoms with E-state index in [1.54, 1.807) is 24.3 Å². The first-order chi connectivity index (χ1) is 10.3. The van der Waals surface area contributed by atoms with E-state index >= 15 is 0 Å². The zero-order valence-electron chi connectivity index (χ0n) is 11.5. The molecule has 114 valence electrons. The Kier molecular flexibility index (Phi) is 4.25.